The Morgan fingerprint density at radius 2 is 2.05 bits per heavy atom. The number of rotatable bonds is 4. The van der Waals surface area contributed by atoms with Crippen LogP contribution in [0.15, 0.2) is 40.9 Å². The third kappa shape index (κ3) is 3.72. The molecule has 0 aromatic heterocycles. The molecule has 0 saturated heterocycles. The number of hydrogen-bond donors (Lipinski definition) is 1. The second kappa shape index (κ2) is 6.57. The Labute approximate surface area is 130 Å². The van der Waals surface area contributed by atoms with Crippen molar-refractivity contribution in [3.05, 3.63) is 57.3 Å². The van der Waals surface area contributed by atoms with E-state index in [1.165, 1.54) is 6.07 Å². The molecule has 0 spiro atoms. The Bertz CT molecular complexity index is 619. The first-order chi connectivity index (χ1) is 9.47. The zero-order valence-corrected chi connectivity index (χ0v) is 13.2. The number of benzene rings is 2. The van der Waals surface area contributed by atoms with Gasteiger partial charge >= 0.3 is 0 Å². The summed E-state index contributed by atoms with van der Waals surface area (Å²) in [4.78, 5) is 0. The van der Waals surface area contributed by atoms with E-state index >= 15 is 0 Å². The van der Waals surface area contributed by atoms with E-state index in [0.29, 0.717) is 28.5 Å². The first-order valence-corrected chi connectivity index (χ1v) is 7.30. The summed E-state index contributed by atoms with van der Waals surface area (Å²) >= 11 is 9.43. The van der Waals surface area contributed by atoms with Gasteiger partial charge in [0.05, 0.1) is 5.02 Å². The van der Waals surface area contributed by atoms with E-state index in [2.05, 4.69) is 15.9 Å². The molecule has 0 aliphatic rings. The van der Waals surface area contributed by atoms with Crippen molar-refractivity contribution >= 4 is 27.5 Å². The van der Waals surface area contributed by atoms with Crippen LogP contribution in [0.2, 0.25) is 5.02 Å². The summed E-state index contributed by atoms with van der Waals surface area (Å²) in [6, 6.07) is 9.81. The van der Waals surface area contributed by atoms with E-state index in [9.17, 15) is 4.39 Å². The second-order valence-corrected chi connectivity index (χ2v) is 5.90. The summed E-state index contributed by atoms with van der Waals surface area (Å²) in [5.41, 5.74) is 6.21. The average Bonchev–Trinajstić information content (AvgIpc) is 2.36. The lowest BCUT2D eigenvalue weighted by atomic mass is 10.1. The van der Waals surface area contributed by atoms with Crippen molar-refractivity contribution in [2.75, 3.05) is 0 Å². The van der Waals surface area contributed by atoms with Crippen molar-refractivity contribution in [1.82, 2.24) is 0 Å². The minimum atomic E-state index is -0.326. The summed E-state index contributed by atoms with van der Waals surface area (Å²) in [5, 5.41) is 0.454. The van der Waals surface area contributed by atoms with E-state index in [-0.39, 0.29) is 11.9 Å². The molecule has 2 rings (SSSR count). The molecule has 1 atom stereocenters. The van der Waals surface area contributed by atoms with Crippen molar-refractivity contribution in [3.63, 3.8) is 0 Å². The van der Waals surface area contributed by atoms with Crippen molar-refractivity contribution in [1.29, 1.82) is 0 Å². The lowest BCUT2D eigenvalue weighted by Crippen LogP contribution is -2.19. The van der Waals surface area contributed by atoms with Crippen molar-refractivity contribution in [2.24, 2.45) is 5.73 Å². The van der Waals surface area contributed by atoms with Crippen molar-refractivity contribution in [3.8, 4) is 11.5 Å². The van der Waals surface area contributed by atoms with Crippen LogP contribution in [-0.4, -0.2) is 6.04 Å². The number of hydrogen-bond acceptors (Lipinski definition) is 2. The fourth-order valence-corrected chi connectivity index (χ4v) is 2.54. The van der Waals surface area contributed by atoms with Gasteiger partial charge in [-0.15, -0.1) is 0 Å². The fourth-order valence-electron chi connectivity index (χ4n) is 1.83. The summed E-state index contributed by atoms with van der Waals surface area (Å²) in [6.07, 6.45) is 0.399. The molecule has 0 fully saturated rings. The van der Waals surface area contributed by atoms with Crippen LogP contribution in [-0.2, 0) is 6.42 Å². The van der Waals surface area contributed by atoms with Crippen LogP contribution in [0.25, 0.3) is 0 Å². The minimum absolute atomic E-state index is 0.158. The Morgan fingerprint density at radius 1 is 1.30 bits per heavy atom. The Hall–Kier alpha value is -1.10. The van der Waals surface area contributed by atoms with Gasteiger partial charge in [0.25, 0.3) is 0 Å². The number of ether oxygens (including phenoxy) is 1. The van der Waals surface area contributed by atoms with E-state index in [4.69, 9.17) is 22.1 Å². The van der Waals surface area contributed by atoms with Gasteiger partial charge in [-0.05, 0) is 43.7 Å². The molecule has 0 bridgehead atoms. The highest BCUT2D eigenvalue weighted by atomic mass is 79.9. The molecule has 0 heterocycles. The molecule has 0 aliphatic carbocycles. The zero-order valence-electron chi connectivity index (χ0n) is 10.9. The molecule has 2 nitrogen and oxygen atoms in total. The summed E-state index contributed by atoms with van der Waals surface area (Å²) < 4.78 is 20.5. The molecule has 2 N–H and O–H groups in total. The van der Waals surface area contributed by atoms with Crippen molar-refractivity contribution < 1.29 is 9.13 Å². The van der Waals surface area contributed by atoms with E-state index in [1.54, 1.807) is 24.3 Å². The smallest absolute Gasteiger partial charge is 0.146 e. The van der Waals surface area contributed by atoms with Gasteiger partial charge in [0, 0.05) is 16.1 Å². The Balaban J connectivity index is 2.35. The molecule has 1 unspecified atom stereocenters. The molecule has 0 radical (unpaired) electrons. The lowest BCUT2D eigenvalue weighted by Gasteiger charge is -2.14. The third-order valence-corrected chi connectivity index (χ3v) is 3.50. The van der Waals surface area contributed by atoms with Crippen molar-refractivity contribution in [2.45, 2.75) is 19.4 Å². The first-order valence-electron chi connectivity index (χ1n) is 6.13. The van der Waals surface area contributed by atoms with Gasteiger partial charge in [-0.1, -0.05) is 33.6 Å². The van der Waals surface area contributed by atoms with Gasteiger partial charge in [0.15, 0.2) is 0 Å². The van der Waals surface area contributed by atoms with Crippen LogP contribution in [0.4, 0.5) is 4.39 Å². The van der Waals surface area contributed by atoms with Crippen LogP contribution < -0.4 is 10.5 Å². The second-order valence-electron chi connectivity index (χ2n) is 4.57. The predicted octanol–water partition coefficient (Wildman–Crippen LogP) is 4.92. The van der Waals surface area contributed by atoms with Gasteiger partial charge in [0.2, 0.25) is 0 Å². The summed E-state index contributed by atoms with van der Waals surface area (Å²) in [7, 11) is 0. The molecule has 0 aliphatic heterocycles. The van der Waals surface area contributed by atoms with Gasteiger partial charge in [0.1, 0.15) is 17.3 Å². The molecule has 20 heavy (non-hydrogen) atoms. The van der Waals surface area contributed by atoms with Crippen LogP contribution in [0.1, 0.15) is 12.5 Å². The van der Waals surface area contributed by atoms with Gasteiger partial charge < -0.3 is 10.5 Å². The molecular formula is C15H14BrClFNO. The standard InChI is InChI=1S/C15H14BrClFNO/c1-9(19)7-11-13(18)3-2-4-14(11)20-15-6-5-10(16)8-12(15)17/h2-6,8-9H,7,19H2,1H3. The minimum Gasteiger partial charge on any atom is -0.455 e. The van der Waals surface area contributed by atoms with Crippen LogP contribution >= 0.6 is 27.5 Å². The average molecular weight is 359 g/mol. The van der Waals surface area contributed by atoms with Crippen LogP contribution in [0.5, 0.6) is 11.5 Å². The van der Waals surface area contributed by atoms with Gasteiger partial charge in [-0.25, -0.2) is 4.39 Å². The Kier molecular flexibility index (Phi) is 5.02. The van der Waals surface area contributed by atoms with Gasteiger partial charge in [-0.2, -0.15) is 0 Å². The predicted molar refractivity (Wildman–Crippen MR) is 83.0 cm³/mol. The number of nitrogens with two attached hydrogens (primary N) is 1. The monoisotopic (exact) mass is 357 g/mol. The van der Waals surface area contributed by atoms with Crippen LogP contribution in [0.3, 0.4) is 0 Å². The largest absolute Gasteiger partial charge is 0.455 e. The molecule has 0 amide bonds. The third-order valence-electron chi connectivity index (χ3n) is 2.72. The maximum Gasteiger partial charge on any atom is 0.146 e. The lowest BCUT2D eigenvalue weighted by molar-refractivity contribution is 0.463. The molecule has 0 saturated carbocycles. The van der Waals surface area contributed by atoms with E-state index < -0.39 is 0 Å². The van der Waals surface area contributed by atoms with Gasteiger partial charge in [-0.3, -0.25) is 0 Å². The summed E-state index contributed by atoms with van der Waals surface area (Å²) in [5.74, 6) is 0.589. The first kappa shape index (κ1) is 15.3. The number of halogens is 3. The maximum absolute atomic E-state index is 13.9. The molecule has 5 heteroatoms. The zero-order chi connectivity index (χ0) is 14.7. The SMILES string of the molecule is CC(N)Cc1c(F)cccc1Oc1ccc(Br)cc1Cl. The maximum atomic E-state index is 13.9. The quantitative estimate of drug-likeness (QED) is 0.841. The van der Waals surface area contributed by atoms with Crippen LogP contribution in [0, 0.1) is 5.82 Å². The normalized spacial score (nSPS) is 12.2. The topological polar surface area (TPSA) is 35.2 Å². The Morgan fingerprint density at radius 3 is 2.70 bits per heavy atom. The molecule has 2 aromatic rings. The highest BCUT2D eigenvalue weighted by Crippen LogP contribution is 2.34. The fraction of sp³-hybridized carbons (Fsp3) is 0.200. The highest BCUT2D eigenvalue weighted by molar-refractivity contribution is 9.10. The molecule has 2 aromatic carbocycles. The summed E-state index contributed by atoms with van der Waals surface area (Å²) in [6.45, 7) is 1.82. The molecule has 106 valence electrons. The highest BCUT2D eigenvalue weighted by Gasteiger charge is 2.13. The van der Waals surface area contributed by atoms with E-state index in [0.717, 1.165) is 4.47 Å². The molecular weight excluding hydrogens is 345 g/mol. The van der Waals surface area contributed by atoms with E-state index in [1.807, 2.05) is 13.0 Å².